The minimum atomic E-state index is -4.88. The highest BCUT2D eigenvalue weighted by atomic mass is 32.2. The van der Waals surface area contributed by atoms with Crippen LogP contribution in [0, 0.1) is 0 Å². The molecule has 0 atom stereocenters. The first-order chi connectivity index (χ1) is 13.7. The Kier molecular flexibility index (Phi) is 6.07. The summed E-state index contributed by atoms with van der Waals surface area (Å²) in [5, 5.41) is 0. The van der Waals surface area contributed by atoms with Crippen molar-refractivity contribution in [2.24, 2.45) is 0 Å². The van der Waals surface area contributed by atoms with Crippen LogP contribution >= 0.6 is 0 Å². The Morgan fingerprint density at radius 2 is 1.59 bits per heavy atom. The lowest BCUT2D eigenvalue weighted by Crippen LogP contribution is -2.37. The molecule has 1 aromatic heterocycles. The number of ether oxygens (including phenoxy) is 1. The summed E-state index contributed by atoms with van der Waals surface area (Å²) < 4.78 is 70.1. The van der Waals surface area contributed by atoms with Crippen LogP contribution in [0.25, 0.3) is 0 Å². The van der Waals surface area contributed by atoms with Crippen LogP contribution < -0.4 is 9.04 Å². The van der Waals surface area contributed by atoms with E-state index in [1.165, 1.54) is 24.4 Å². The van der Waals surface area contributed by atoms with Crippen molar-refractivity contribution in [3.05, 3.63) is 84.7 Å². The molecule has 0 amide bonds. The third-order valence-electron chi connectivity index (χ3n) is 3.80. The molecule has 0 aliphatic heterocycles. The van der Waals surface area contributed by atoms with E-state index < -0.39 is 22.0 Å². The van der Waals surface area contributed by atoms with Crippen molar-refractivity contribution in [1.29, 1.82) is 0 Å². The van der Waals surface area contributed by atoms with E-state index in [0.29, 0.717) is 21.5 Å². The highest BCUT2D eigenvalue weighted by Gasteiger charge is 2.38. The Hall–Kier alpha value is -3.07. The summed E-state index contributed by atoms with van der Waals surface area (Å²) in [5.74, 6) is -1.17. The van der Waals surface area contributed by atoms with Gasteiger partial charge >= 0.3 is 6.18 Å². The van der Waals surface area contributed by atoms with Gasteiger partial charge in [-0.1, -0.05) is 30.3 Å². The number of hydrogen-bond donors (Lipinski definition) is 0. The molecule has 3 aromatic rings. The van der Waals surface area contributed by atoms with Gasteiger partial charge in [-0.3, -0.25) is 9.29 Å². The van der Waals surface area contributed by atoms with Gasteiger partial charge in [0.05, 0.1) is 17.9 Å². The molecule has 5 nitrogen and oxygen atoms in total. The highest BCUT2D eigenvalue weighted by molar-refractivity contribution is 7.92. The van der Waals surface area contributed by atoms with Crippen molar-refractivity contribution < 1.29 is 26.3 Å². The molecule has 0 fully saturated rings. The Morgan fingerprint density at radius 1 is 0.897 bits per heavy atom. The number of anilines is 1. The van der Waals surface area contributed by atoms with Gasteiger partial charge in [0.1, 0.15) is 11.5 Å². The number of rotatable bonds is 7. The van der Waals surface area contributed by atoms with Gasteiger partial charge in [-0.25, -0.2) is 8.42 Å². The van der Waals surface area contributed by atoms with Gasteiger partial charge < -0.3 is 4.74 Å². The first kappa shape index (κ1) is 20.7. The standard InChI is InChI=1S/C20H17F3N2O3S/c21-20(22,23)15-29(26,27)25(14-16-7-4-5-12-24-16)17-8-6-11-19(13-17)28-18-9-2-1-3-10-18/h1-13H,14-15H2. The van der Waals surface area contributed by atoms with Crippen molar-refractivity contribution in [1.82, 2.24) is 4.98 Å². The number of hydrogen-bond acceptors (Lipinski definition) is 4. The van der Waals surface area contributed by atoms with Gasteiger partial charge in [-0.05, 0) is 36.4 Å². The predicted octanol–water partition coefficient (Wildman–Crippen LogP) is 4.77. The normalized spacial score (nSPS) is 11.8. The molecule has 0 aliphatic rings. The second-order valence-electron chi connectivity index (χ2n) is 6.11. The molecule has 0 N–H and O–H groups in total. The quantitative estimate of drug-likeness (QED) is 0.550. The van der Waals surface area contributed by atoms with Crippen LogP contribution in [0.1, 0.15) is 5.69 Å². The maximum absolute atomic E-state index is 12.9. The van der Waals surface area contributed by atoms with Gasteiger partial charge in [-0.2, -0.15) is 13.2 Å². The average Bonchev–Trinajstić information content (AvgIpc) is 2.66. The zero-order chi connectivity index (χ0) is 20.9. The fourth-order valence-electron chi connectivity index (χ4n) is 2.60. The monoisotopic (exact) mass is 422 g/mol. The Balaban J connectivity index is 1.96. The highest BCUT2D eigenvalue weighted by Crippen LogP contribution is 2.30. The van der Waals surface area contributed by atoms with E-state index in [9.17, 15) is 21.6 Å². The number of halogens is 3. The van der Waals surface area contributed by atoms with E-state index in [0.717, 1.165) is 0 Å². The summed E-state index contributed by atoms with van der Waals surface area (Å²) >= 11 is 0. The Morgan fingerprint density at radius 3 is 2.24 bits per heavy atom. The lowest BCUT2D eigenvalue weighted by Gasteiger charge is -2.25. The summed E-state index contributed by atoms with van der Waals surface area (Å²) in [6, 6.07) is 19.4. The van der Waals surface area contributed by atoms with Gasteiger partial charge in [0.15, 0.2) is 5.75 Å². The number of nitrogens with zero attached hydrogens (tertiary/aromatic N) is 2. The lowest BCUT2D eigenvalue weighted by atomic mass is 10.2. The molecule has 2 aromatic carbocycles. The van der Waals surface area contributed by atoms with Gasteiger partial charge in [0, 0.05) is 12.3 Å². The average molecular weight is 422 g/mol. The maximum Gasteiger partial charge on any atom is 0.404 e. The van der Waals surface area contributed by atoms with Crippen molar-refractivity contribution in [2.45, 2.75) is 12.7 Å². The van der Waals surface area contributed by atoms with Crippen LogP contribution in [0.3, 0.4) is 0 Å². The summed E-state index contributed by atoms with van der Waals surface area (Å²) in [7, 11) is -4.71. The van der Waals surface area contributed by atoms with E-state index in [-0.39, 0.29) is 12.2 Å². The zero-order valence-electron chi connectivity index (χ0n) is 15.1. The van der Waals surface area contributed by atoms with Crippen LogP contribution in [-0.4, -0.2) is 25.3 Å². The number of aromatic nitrogens is 1. The van der Waals surface area contributed by atoms with E-state index in [2.05, 4.69) is 4.98 Å². The third kappa shape index (κ3) is 5.95. The summed E-state index contributed by atoms with van der Waals surface area (Å²) in [4.78, 5) is 4.03. The molecule has 9 heteroatoms. The number of sulfonamides is 1. The third-order valence-corrected chi connectivity index (χ3v) is 5.50. The largest absolute Gasteiger partial charge is 0.457 e. The number of alkyl halides is 3. The van der Waals surface area contributed by atoms with Gasteiger partial charge in [0.25, 0.3) is 0 Å². The van der Waals surface area contributed by atoms with Crippen LogP contribution in [0.5, 0.6) is 11.5 Å². The number of benzene rings is 2. The van der Waals surface area contributed by atoms with Crippen LogP contribution in [-0.2, 0) is 16.6 Å². The van der Waals surface area contributed by atoms with Gasteiger partial charge in [0.2, 0.25) is 10.0 Å². The molecule has 0 aliphatic carbocycles. The van der Waals surface area contributed by atoms with E-state index in [1.54, 1.807) is 48.5 Å². The number of pyridine rings is 1. The fourth-order valence-corrected chi connectivity index (χ4v) is 3.93. The molecule has 1 heterocycles. The van der Waals surface area contributed by atoms with Gasteiger partial charge in [-0.15, -0.1) is 0 Å². The lowest BCUT2D eigenvalue weighted by molar-refractivity contribution is -0.106. The van der Waals surface area contributed by atoms with Crippen molar-refractivity contribution in [3.63, 3.8) is 0 Å². The van der Waals surface area contributed by atoms with E-state index in [4.69, 9.17) is 4.74 Å². The molecule has 0 saturated carbocycles. The molecule has 0 spiro atoms. The second kappa shape index (κ2) is 8.52. The topological polar surface area (TPSA) is 59.5 Å². The minimum absolute atomic E-state index is 0.0494. The fraction of sp³-hybridized carbons (Fsp3) is 0.150. The zero-order valence-corrected chi connectivity index (χ0v) is 15.9. The van der Waals surface area contributed by atoms with E-state index >= 15 is 0 Å². The van der Waals surface area contributed by atoms with Crippen LogP contribution in [0.2, 0.25) is 0 Å². The molecule has 0 radical (unpaired) electrons. The Labute approximate surface area is 166 Å². The van der Waals surface area contributed by atoms with Crippen molar-refractivity contribution >= 4 is 15.7 Å². The predicted molar refractivity (Wildman–Crippen MR) is 103 cm³/mol. The SMILES string of the molecule is O=S(=O)(CC(F)(F)F)N(Cc1ccccn1)c1cccc(Oc2ccccc2)c1. The molecule has 152 valence electrons. The molecule has 29 heavy (non-hydrogen) atoms. The van der Waals surface area contributed by atoms with Crippen LogP contribution in [0.15, 0.2) is 79.0 Å². The molecule has 0 bridgehead atoms. The molecule has 0 saturated heterocycles. The first-order valence-electron chi connectivity index (χ1n) is 8.53. The van der Waals surface area contributed by atoms with Crippen LogP contribution in [0.4, 0.5) is 18.9 Å². The number of para-hydroxylation sites is 1. The first-order valence-corrected chi connectivity index (χ1v) is 10.1. The molecule has 3 rings (SSSR count). The smallest absolute Gasteiger partial charge is 0.404 e. The summed E-state index contributed by atoms with van der Waals surface area (Å²) in [5.41, 5.74) is 0.362. The maximum atomic E-state index is 12.9. The summed E-state index contributed by atoms with van der Waals surface area (Å²) in [6.07, 6.45) is -3.43. The molecular weight excluding hydrogens is 405 g/mol. The minimum Gasteiger partial charge on any atom is -0.457 e. The van der Waals surface area contributed by atoms with E-state index in [1.807, 2.05) is 6.07 Å². The summed E-state index contributed by atoms with van der Waals surface area (Å²) in [6.45, 7) is -0.339. The van der Waals surface area contributed by atoms with Crippen molar-refractivity contribution in [2.75, 3.05) is 10.1 Å². The van der Waals surface area contributed by atoms with Crippen molar-refractivity contribution in [3.8, 4) is 11.5 Å². The Bertz CT molecular complexity index is 1040. The molecule has 0 unspecified atom stereocenters. The molecular formula is C20H17F3N2O3S. The second-order valence-corrected chi connectivity index (χ2v) is 8.00.